The molecule has 2 N–H and O–H groups in total. The van der Waals surface area contributed by atoms with Crippen LogP contribution in [0.25, 0.3) is 0 Å². The number of hydrogen-bond acceptors (Lipinski definition) is 6. The molecule has 0 aliphatic heterocycles. The summed E-state index contributed by atoms with van der Waals surface area (Å²) < 4.78 is 4.65. The molecule has 150 valence electrons. The third-order valence-corrected chi connectivity index (χ3v) is 4.96. The molecule has 0 atom stereocenters. The molecule has 28 heavy (non-hydrogen) atoms. The minimum absolute atomic E-state index is 0.110. The summed E-state index contributed by atoms with van der Waals surface area (Å²) in [5.74, 6) is -0.669. The van der Waals surface area contributed by atoms with Gasteiger partial charge in [-0.05, 0) is 35.7 Å². The van der Waals surface area contributed by atoms with Crippen LogP contribution < -0.4 is 10.6 Å². The van der Waals surface area contributed by atoms with Crippen molar-refractivity contribution in [3.63, 3.8) is 0 Å². The minimum atomic E-state index is -0.397. The van der Waals surface area contributed by atoms with Gasteiger partial charge < -0.3 is 15.4 Å². The van der Waals surface area contributed by atoms with Gasteiger partial charge in [-0.25, -0.2) is 4.79 Å². The second-order valence-corrected chi connectivity index (χ2v) is 7.16. The Balaban J connectivity index is 1.73. The molecule has 2 aromatic rings. The molecular weight excluding hydrogens is 378 g/mol. The van der Waals surface area contributed by atoms with Crippen LogP contribution in [-0.4, -0.2) is 49.4 Å². The fourth-order valence-electron chi connectivity index (χ4n) is 2.47. The summed E-state index contributed by atoms with van der Waals surface area (Å²) in [4.78, 5) is 38.5. The van der Waals surface area contributed by atoms with Crippen LogP contribution in [0, 0.1) is 0 Å². The minimum Gasteiger partial charge on any atom is -0.465 e. The number of nitrogens with zero attached hydrogens (tertiary/aromatic N) is 1. The Hall–Kier alpha value is -2.71. The summed E-state index contributed by atoms with van der Waals surface area (Å²) in [5, 5.41) is 7.65. The van der Waals surface area contributed by atoms with Crippen molar-refractivity contribution in [3.05, 3.63) is 57.8 Å². The van der Waals surface area contributed by atoms with Gasteiger partial charge in [-0.2, -0.15) is 0 Å². The first-order chi connectivity index (χ1) is 13.5. The average molecular weight is 404 g/mol. The summed E-state index contributed by atoms with van der Waals surface area (Å²) in [6, 6.07) is 10.8. The molecule has 0 bridgehead atoms. The van der Waals surface area contributed by atoms with E-state index in [-0.39, 0.29) is 24.9 Å². The number of carbonyl (C=O) groups is 3. The molecule has 8 heteroatoms. The maximum atomic E-state index is 12.2. The van der Waals surface area contributed by atoms with Gasteiger partial charge in [0.25, 0.3) is 0 Å². The zero-order valence-corrected chi connectivity index (χ0v) is 16.9. The Morgan fingerprint density at radius 2 is 1.64 bits per heavy atom. The Labute approximate surface area is 168 Å². The summed E-state index contributed by atoms with van der Waals surface area (Å²) in [7, 11) is 1.33. The molecule has 0 fully saturated rings. The predicted molar refractivity (Wildman–Crippen MR) is 108 cm³/mol. The molecular formula is C20H25N3O4S. The highest BCUT2D eigenvalue weighted by Crippen LogP contribution is 2.07. The monoisotopic (exact) mass is 403 g/mol. The van der Waals surface area contributed by atoms with Crippen molar-refractivity contribution in [3.8, 4) is 0 Å². The van der Waals surface area contributed by atoms with Gasteiger partial charge in [-0.3, -0.25) is 14.5 Å². The number of methoxy groups -OCH3 is 1. The molecule has 0 unspecified atom stereocenters. The highest BCUT2D eigenvalue weighted by atomic mass is 32.1. The highest BCUT2D eigenvalue weighted by Gasteiger charge is 2.13. The fourth-order valence-corrected chi connectivity index (χ4v) is 3.12. The van der Waals surface area contributed by atoms with Gasteiger partial charge >= 0.3 is 5.97 Å². The van der Waals surface area contributed by atoms with E-state index in [1.165, 1.54) is 7.11 Å². The van der Waals surface area contributed by atoms with Crippen LogP contribution >= 0.6 is 11.3 Å². The van der Waals surface area contributed by atoms with Crippen LogP contribution in [0.5, 0.6) is 0 Å². The SMILES string of the molecule is CCN(CC(=O)NCc1ccc(C(=O)OC)cc1)CC(=O)NCc1cccs1. The Kier molecular flexibility index (Phi) is 8.64. The second kappa shape index (κ2) is 11.2. The van der Waals surface area contributed by atoms with E-state index in [1.54, 1.807) is 40.5 Å². The number of hydrogen-bond donors (Lipinski definition) is 2. The maximum absolute atomic E-state index is 12.2. The molecule has 1 aromatic carbocycles. The average Bonchev–Trinajstić information content (AvgIpc) is 3.23. The van der Waals surface area contributed by atoms with Crippen LogP contribution in [-0.2, 0) is 27.4 Å². The van der Waals surface area contributed by atoms with Crippen molar-refractivity contribution in [1.29, 1.82) is 0 Å². The van der Waals surface area contributed by atoms with E-state index in [0.717, 1.165) is 10.4 Å². The number of likely N-dealkylation sites (N-methyl/N-ethyl adjacent to an activating group) is 1. The molecule has 0 saturated carbocycles. The van der Waals surface area contributed by atoms with Gasteiger partial charge in [0.2, 0.25) is 11.8 Å². The number of thiophene rings is 1. The first-order valence-corrected chi connectivity index (χ1v) is 9.85. The molecule has 7 nitrogen and oxygen atoms in total. The first-order valence-electron chi connectivity index (χ1n) is 8.97. The third kappa shape index (κ3) is 7.13. The second-order valence-electron chi connectivity index (χ2n) is 6.12. The normalized spacial score (nSPS) is 10.5. The van der Waals surface area contributed by atoms with Gasteiger partial charge in [-0.15, -0.1) is 11.3 Å². The summed E-state index contributed by atoms with van der Waals surface area (Å²) in [6.45, 7) is 3.66. The molecule has 0 aliphatic carbocycles. The fraction of sp³-hybridized carbons (Fsp3) is 0.350. The van der Waals surface area contributed by atoms with Crippen LogP contribution in [0.3, 0.4) is 0 Å². The predicted octanol–water partition coefficient (Wildman–Crippen LogP) is 1.79. The Morgan fingerprint density at radius 3 is 2.18 bits per heavy atom. The van der Waals surface area contributed by atoms with E-state index in [4.69, 9.17) is 0 Å². The molecule has 2 amide bonds. The largest absolute Gasteiger partial charge is 0.465 e. The van der Waals surface area contributed by atoms with Crippen LogP contribution in [0.4, 0.5) is 0 Å². The van der Waals surface area contributed by atoms with Crippen molar-refractivity contribution < 1.29 is 19.1 Å². The lowest BCUT2D eigenvalue weighted by molar-refractivity contribution is -0.125. The molecule has 0 spiro atoms. The van der Waals surface area contributed by atoms with Gasteiger partial charge in [0.05, 0.1) is 32.3 Å². The smallest absolute Gasteiger partial charge is 0.337 e. The van der Waals surface area contributed by atoms with E-state index in [9.17, 15) is 14.4 Å². The van der Waals surface area contributed by atoms with Gasteiger partial charge in [0.15, 0.2) is 0 Å². The molecule has 1 aromatic heterocycles. The van der Waals surface area contributed by atoms with Crippen molar-refractivity contribution in [2.24, 2.45) is 0 Å². The van der Waals surface area contributed by atoms with E-state index < -0.39 is 5.97 Å². The van der Waals surface area contributed by atoms with Crippen molar-refractivity contribution in [2.75, 3.05) is 26.7 Å². The quantitative estimate of drug-likeness (QED) is 0.591. The number of carbonyl (C=O) groups excluding carboxylic acids is 3. The van der Waals surface area contributed by atoms with Gasteiger partial charge in [0, 0.05) is 11.4 Å². The lowest BCUT2D eigenvalue weighted by atomic mass is 10.1. The lowest BCUT2D eigenvalue weighted by Gasteiger charge is -2.19. The number of nitrogens with one attached hydrogen (secondary N) is 2. The zero-order chi connectivity index (χ0) is 20.4. The summed E-state index contributed by atoms with van der Waals surface area (Å²) >= 11 is 1.59. The number of amides is 2. The zero-order valence-electron chi connectivity index (χ0n) is 16.1. The maximum Gasteiger partial charge on any atom is 0.337 e. The Morgan fingerprint density at radius 1 is 1.00 bits per heavy atom. The number of benzene rings is 1. The van der Waals surface area contributed by atoms with E-state index >= 15 is 0 Å². The topological polar surface area (TPSA) is 87.7 Å². The van der Waals surface area contributed by atoms with Crippen LogP contribution in [0.2, 0.25) is 0 Å². The third-order valence-electron chi connectivity index (χ3n) is 4.09. The van der Waals surface area contributed by atoms with Crippen LogP contribution in [0.15, 0.2) is 41.8 Å². The van der Waals surface area contributed by atoms with Crippen molar-refractivity contribution in [2.45, 2.75) is 20.0 Å². The first kappa shape index (κ1) is 21.6. The van der Waals surface area contributed by atoms with E-state index in [2.05, 4.69) is 15.4 Å². The van der Waals surface area contributed by atoms with Crippen molar-refractivity contribution in [1.82, 2.24) is 15.5 Å². The Bertz CT molecular complexity index is 775. The molecule has 1 heterocycles. The molecule has 0 aliphatic rings. The lowest BCUT2D eigenvalue weighted by Crippen LogP contribution is -2.42. The molecule has 0 saturated heterocycles. The van der Waals surface area contributed by atoms with Crippen LogP contribution in [0.1, 0.15) is 27.7 Å². The van der Waals surface area contributed by atoms with Gasteiger partial charge in [0.1, 0.15) is 0 Å². The highest BCUT2D eigenvalue weighted by molar-refractivity contribution is 7.09. The van der Waals surface area contributed by atoms with E-state index in [0.29, 0.717) is 25.2 Å². The number of ether oxygens (including phenoxy) is 1. The molecule has 0 radical (unpaired) electrons. The van der Waals surface area contributed by atoms with E-state index in [1.807, 2.05) is 24.4 Å². The van der Waals surface area contributed by atoms with Gasteiger partial charge in [-0.1, -0.05) is 25.1 Å². The van der Waals surface area contributed by atoms with Crippen molar-refractivity contribution >= 4 is 29.1 Å². The standard InChI is InChI=1S/C20H25N3O4S/c1-3-23(14-19(25)22-12-17-5-4-10-28-17)13-18(24)21-11-15-6-8-16(9-7-15)20(26)27-2/h4-10H,3,11-14H2,1-2H3,(H,21,24)(H,22,25). The number of rotatable bonds is 10. The summed E-state index contributed by atoms with van der Waals surface area (Å²) in [6.07, 6.45) is 0. The summed E-state index contributed by atoms with van der Waals surface area (Å²) in [5.41, 5.74) is 1.33. The number of esters is 1. The molecule has 2 rings (SSSR count).